The Morgan fingerprint density at radius 2 is 1.67 bits per heavy atom. The van der Waals surface area contributed by atoms with Crippen molar-refractivity contribution < 1.29 is 9.85 Å². The van der Waals surface area contributed by atoms with Crippen LogP contribution in [0.15, 0.2) is 21.7 Å². The van der Waals surface area contributed by atoms with Crippen molar-refractivity contribution in [2.75, 3.05) is 0 Å². The van der Waals surface area contributed by atoms with Gasteiger partial charge in [-0.15, -0.1) is 0 Å². The molecule has 2 N–H and O–H groups in total. The zero-order valence-electron chi connectivity index (χ0n) is 8.50. The molecule has 0 saturated heterocycles. The van der Waals surface area contributed by atoms with Crippen molar-refractivity contribution in [1.82, 2.24) is 9.97 Å². The molecule has 0 spiro atoms. The van der Waals surface area contributed by atoms with Crippen molar-refractivity contribution in [2.24, 2.45) is 0 Å². The first-order valence-electron chi connectivity index (χ1n) is 4.50. The second-order valence-corrected chi connectivity index (χ2v) is 3.28. The van der Waals surface area contributed by atoms with Crippen LogP contribution in [0.3, 0.4) is 0 Å². The van der Waals surface area contributed by atoms with Gasteiger partial charge in [0, 0.05) is 6.07 Å². The Kier molecular flexibility index (Phi) is 2.39. The van der Waals surface area contributed by atoms with E-state index in [9.17, 15) is 29.8 Å². The Labute approximate surface area is 96.2 Å². The molecule has 0 bridgehead atoms. The summed E-state index contributed by atoms with van der Waals surface area (Å²) >= 11 is 0. The van der Waals surface area contributed by atoms with E-state index in [0.717, 1.165) is 12.1 Å². The van der Waals surface area contributed by atoms with E-state index in [-0.39, 0.29) is 5.52 Å². The molecule has 2 rings (SSSR count). The SMILES string of the molecule is O=c1[nH]c(=O)c2c([N+](=O)[O-])c([N+](=O)[O-])ccc2[nH]1. The van der Waals surface area contributed by atoms with Crippen LogP contribution >= 0.6 is 0 Å². The number of nitro groups is 2. The van der Waals surface area contributed by atoms with Crippen molar-refractivity contribution in [3.8, 4) is 0 Å². The van der Waals surface area contributed by atoms with Crippen LogP contribution in [0.1, 0.15) is 0 Å². The summed E-state index contributed by atoms with van der Waals surface area (Å²) in [4.78, 5) is 45.9. The van der Waals surface area contributed by atoms with Gasteiger partial charge >= 0.3 is 17.1 Å². The van der Waals surface area contributed by atoms with E-state index in [2.05, 4.69) is 4.98 Å². The summed E-state index contributed by atoms with van der Waals surface area (Å²) in [5, 5.41) is 21.0. The lowest BCUT2D eigenvalue weighted by Gasteiger charge is -1.99. The normalized spacial score (nSPS) is 10.4. The molecule has 0 aliphatic carbocycles. The Morgan fingerprint density at radius 3 is 2.22 bits per heavy atom. The average Bonchev–Trinajstić information content (AvgIpc) is 2.26. The minimum atomic E-state index is -1.05. The molecule has 0 saturated carbocycles. The topological polar surface area (TPSA) is 152 Å². The third-order valence-corrected chi connectivity index (χ3v) is 2.24. The second-order valence-electron chi connectivity index (χ2n) is 3.28. The maximum absolute atomic E-state index is 11.5. The van der Waals surface area contributed by atoms with Crippen molar-refractivity contribution in [2.45, 2.75) is 0 Å². The lowest BCUT2D eigenvalue weighted by atomic mass is 10.2. The van der Waals surface area contributed by atoms with Crippen LogP contribution in [0.25, 0.3) is 10.9 Å². The van der Waals surface area contributed by atoms with Crippen LogP contribution in [0.2, 0.25) is 0 Å². The zero-order valence-corrected chi connectivity index (χ0v) is 8.50. The van der Waals surface area contributed by atoms with Crippen molar-refractivity contribution >= 4 is 22.3 Å². The second kappa shape index (κ2) is 3.76. The summed E-state index contributed by atoms with van der Waals surface area (Å²) in [6, 6.07) is 1.92. The average molecular weight is 252 g/mol. The zero-order chi connectivity index (χ0) is 13.4. The molecule has 0 radical (unpaired) electrons. The molecule has 1 aromatic carbocycles. The first-order valence-corrected chi connectivity index (χ1v) is 4.50. The smallest absolute Gasteiger partial charge is 0.307 e. The molecule has 0 fully saturated rings. The summed E-state index contributed by atoms with van der Waals surface area (Å²) in [5.41, 5.74) is -3.80. The van der Waals surface area contributed by atoms with Crippen LogP contribution in [-0.4, -0.2) is 19.8 Å². The first-order chi connectivity index (χ1) is 8.41. The van der Waals surface area contributed by atoms with Crippen LogP contribution in [0.4, 0.5) is 11.4 Å². The Hall–Kier alpha value is -3.04. The number of nitrogens with zero attached hydrogens (tertiary/aromatic N) is 2. The molecule has 0 unspecified atom stereocenters. The van der Waals surface area contributed by atoms with E-state index >= 15 is 0 Å². The fourth-order valence-corrected chi connectivity index (χ4v) is 1.57. The predicted molar refractivity (Wildman–Crippen MR) is 58.5 cm³/mol. The number of hydrogen-bond acceptors (Lipinski definition) is 6. The molecular weight excluding hydrogens is 248 g/mol. The molecule has 0 atom stereocenters. The van der Waals surface area contributed by atoms with Gasteiger partial charge in [-0.1, -0.05) is 0 Å². The van der Waals surface area contributed by atoms with Gasteiger partial charge in [0.2, 0.25) is 0 Å². The van der Waals surface area contributed by atoms with Gasteiger partial charge in [0.1, 0.15) is 5.39 Å². The van der Waals surface area contributed by atoms with E-state index < -0.39 is 37.9 Å². The summed E-state index contributed by atoms with van der Waals surface area (Å²) in [6.07, 6.45) is 0. The predicted octanol–water partition coefficient (Wildman–Crippen LogP) is 0.0328. The number of nitro benzene ring substituents is 2. The van der Waals surface area contributed by atoms with Gasteiger partial charge in [-0.2, -0.15) is 0 Å². The number of rotatable bonds is 2. The van der Waals surface area contributed by atoms with E-state index in [1.165, 1.54) is 0 Å². The standard InChI is InChI=1S/C8H4N4O6/c13-7-5-3(9-8(14)10-7)1-2-4(11(15)16)6(5)12(17)18/h1-2H,(H2,9,10,13,14). The maximum atomic E-state index is 11.5. The third-order valence-electron chi connectivity index (χ3n) is 2.24. The summed E-state index contributed by atoms with van der Waals surface area (Å²) in [7, 11) is 0. The van der Waals surface area contributed by atoms with Gasteiger partial charge in [0.25, 0.3) is 5.56 Å². The molecule has 10 nitrogen and oxygen atoms in total. The molecule has 2 aromatic rings. The van der Waals surface area contributed by atoms with Gasteiger partial charge in [0.15, 0.2) is 0 Å². The first kappa shape index (κ1) is 11.4. The van der Waals surface area contributed by atoms with Crippen LogP contribution < -0.4 is 11.2 Å². The number of hydrogen-bond donors (Lipinski definition) is 2. The Morgan fingerprint density at radius 1 is 1.00 bits per heavy atom. The molecule has 10 heteroatoms. The third kappa shape index (κ3) is 1.61. The van der Waals surface area contributed by atoms with E-state index in [4.69, 9.17) is 0 Å². The highest BCUT2D eigenvalue weighted by atomic mass is 16.6. The molecule has 0 aliphatic heterocycles. The van der Waals surface area contributed by atoms with E-state index in [1.54, 1.807) is 4.98 Å². The van der Waals surface area contributed by atoms with E-state index in [1.807, 2.05) is 0 Å². The lowest BCUT2D eigenvalue weighted by Crippen LogP contribution is -2.22. The number of nitrogens with one attached hydrogen (secondary N) is 2. The summed E-state index contributed by atoms with van der Waals surface area (Å²) < 4.78 is 0. The minimum Gasteiger partial charge on any atom is -0.307 e. The monoisotopic (exact) mass is 252 g/mol. The molecule has 1 heterocycles. The minimum absolute atomic E-state index is 0.138. The highest BCUT2D eigenvalue weighted by molar-refractivity contribution is 5.91. The Bertz CT molecular complexity index is 788. The molecule has 0 aliphatic rings. The summed E-state index contributed by atoms with van der Waals surface area (Å²) in [5.74, 6) is 0. The molecule has 1 aromatic heterocycles. The van der Waals surface area contributed by atoms with Gasteiger partial charge in [0.05, 0.1) is 15.4 Å². The summed E-state index contributed by atoms with van der Waals surface area (Å²) in [6.45, 7) is 0. The fraction of sp³-hybridized carbons (Fsp3) is 0. The highest BCUT2D eigenvalue weighted by Crippen LogP contribution is 2.31. The molecular formula is C8H4N4O6. The molecule has 92 valence electrons. The van der Waals surface area contributed by atoms with Crippen molar-refractivity contribution in [3.63, 3.8) is 0 Å². The largest absolute Gasteiger partial charge is 0.360 e. The quantitative estimate of drug-likeness (QED) is 0.568. The van der Waals surface area contributed by atoms with Gasteiger partial charge in [-0.3, -0.25) is 30.0 Å². The van der Waals surface area contributed by atoms with Crippen LogP contribution in [0, 0.1) is 20.2 Å². The number of fused-ring (bicyclic) bond motifs is 1. The highest BCUT2D eigenvalue weighted by Gasteiger charge is 2.29. The van der Waals surface area contributed by atoms with E-state index in [0.29, 0.717) is 0 Å². The number of H-pyrrole nitrogens is 2. The van der Waals surface area contributed by atoms with Crippen molar-refractivity contribution in [1.29, 1.82) is 0 Å². The Balaban J connectivity index is 3.09. The van der Waals surface area contributed by atoms with Gasteiger partial charge < -0.3 is 4.98 Å². The maximum Gasteiger partial charge on any atom is 0.360 e. The number of benzene rings is 1. The number of aromatic nitrogens is 2. The van der Waals surface area contributed by atoms with Gasteiger partial charge in [-0.25, -0.2) is 4.79 Å². The van der Waals surface area contributed by atoms with Crippen LogP contribution in [0.5, 0.6) is 0 Å². The van der Waals surface area contributed by atoms with Gasteiger partial charge in [-0.05, 0) is 6.07 Å². The fourth-order valence-electron chi connectivity index (χ4n) is 1.57. The van der Waals surface area contributed by atoms with Crippen LogP contribution in [-0.2, 0) is 0 Å². The molecule has 18 heavy (non-hydrogen) atoms. The van der Waals surface area contributed by atoms with Crippen molar-refractivity contribution in [3.05, 3.63) is 53.2 Å². The lowest BCUT2D eigenvalue weighted by molar-refractivity contribution is -0.421. The molecule has 0 amide bonds. The number of aromatic amines is 2.